The molecule has 0 fully saturated rings. The van der Waals surface area contributed by atoms with E-state index in [1.807, 2.05) is 11.3 Å². The molecule has 14 rings (SSSR count). The average Bonchev–Trinajstić information content (AvgIpc) is 3.83. The Morgan fingerprint density at radius 2 is 0.761 bits per heavy atom. The second-order valence-corrected chi connectivity index (χ2v) is 19.5. The van der Waals surface area contributed by atoms with E-state index in [4.69, 9.17) is 0 Å². The molecule has 0 spiro atoms. The van der Waals surface area contributed by atoms with Crippen molar-refractivity contribution in [1.82, 2.24) is 0 Å². The molecule has 11 aromatic carbocycles. The Hall–Kier alpha value is -8.77. The normalized spacial score (nSPS) is 12.5. The molecule has 0 bridgehead atoms. The Morgan fingerprint density at radius 1 is 0.324 bits per heavy atom. The van der Waals surface area contributed by atoms with Crippen LogP contribution in [0, 0.1) is 5.82 Å². The second kappa shape index (κ2) is 16.7. The summed E-state index contributed by atoms with van der Waals surface area (Å²) in [5, 5.41) is 2.54. The zero-order chi connectivity index (χ0) is 47.0. The molecule has 1 aromatic heterocycles. The molecule has 12 aromatic rings. The Kier molecular flexibility index (Phi) is 9.72. The molecule has 0 N–H and O–H groups in total. The number of thiophene rings is 1. The van der Waals surface area contributed by atoms with Gasteiger partial charge in [-0.15, -0.1) is 11.3 Å². The van der Waals surface area contributed by atoms with E-state index in [0.29, 0.717) is 0 Å². The molecule has 2 aliphatic heterocycles. The third-order valence-corrected chi connectivity index (χ3v) is 15.7. The van der Waals surface area contributed by atoms with Gasteiger partial charge in [-0.05, 0) is 80.1 Å². The van der Waals surface area contributed by atoms with E-state index in [9.17, 15) is 0 Å². The first-order valence-electron chi connectivity index (χ1n) is 24.2. The molecule has 71 heavy (non-hydrogen) atoms. The van der Waals surface area contributed by atoms with Gasteiger partial charge < -0.3 is 9.80 Å². The van der Waals surface area contributed by atoms with Gasteiger partial charge in [0, 0.05) is 65.2 Å². The molecule has 0 amide bonds. The van der Waals surface area contributed by atoms with Crippen molar-refractivity contribution >= 4 is 88.7 Å². The molecular weight excluding hydrogens is 883 g/mol. The lowest BCUT2D eigenvalue weighted by atomic mass is 9.33. The zero-order valence-electron chi connectivity index (χ0n) is 38.5. The van der Waals surface area contributed by atoms with Crippen molar-refractivity contribution in [3.8, 4) is 55.6 Å². The fourth-order valence-electron chi connectivity index (χ4n) is 11.5. The smallest absolute Gasteiger partial charge is 0.252 e. The molecule has 3 heterocycles. The van der Waals surface area contributed by atoms with Gasteiger partial charge in [-0.2, -0.15) is 0 Å². The van der Waals surface area contributed by atoms with Gasteiger partial charge in [0.25, 0.3) is 6.71 Å². The number of nitrogens with zero attached hydrogens (tertiary/aromatic N) is 2. The van der Waals surface area contributed by atoms with Crippen LogP contribution >= 0.6 is 11.3 Å². The number of rotatable bonds is 7. The number of fused-ring (bicyclic) bond motifs is 7. The number of halogens is 1. The van der Waals surface area contributed by atoms with Crippen LogP contribution in [0.4, 0.5) is 38.5 Å². The Balaban J connectivity index is 1.11. The van der Waals surface area contributed by atoms with E-state index in [0.717, 1.165) is 101 Å². The van der Waals surface area contributed by atoms with Gasteiger partial charge in [-0.1, -0.05) is 224 Å². The lowest BCUT2D eigenvalue weighted by Crippen LogP contribution is -2.61. The maximum Gasteiger partial charge on any atom is 0.252 e. The summed E-state index contributed by atoms with van der Waals surface area (Å²) in [6, 6.07) is 90.5. The Bertz CT molecular complexity index is 3890. The first-order valence-corrected chi connectivity index (χ1v) is 25.0. The van der Waals surface area contributed by atoms with Crippen molar-refractivity contribution in [1.29, 1.82) is 0 Å². The molecule has 5 heteroatoms. The highest BCUT2D eigenvalue weighted by Gasteiger charge is 2.45. The SMILES string of the molecule is Fc1cc2c3c(c1)N(c1c(-c4ccccc4)cccc1-c1ccccc1)c1ccc(-c4cccc5c4sc4ccccc45)cc1B3c1ccccc1N2c1c(-c2ccccc2)cccc1-c1ccccc1. The topological polar surface area (TPSA) is 6.48 Å². The number of benzene rings is 11. The number of para-hydroxylation sites is 3. The first kappa shape index (κ1) is 41.2. The number of anilines is 6. The van der Waals surface area contributed by atoms with Crippen LogP contribution in [-0.2, 0) is 0 Å². The van der Waals surface area contributed by atoms with Crippen LogP contribution < -0.4 is 26.2 Å². The van der Waals surface area contributed by atoms with Gasteiger partial charge in [0.05, 0.1) is 11.4 Å². The molecule has 0 saturated heterocycles. The first-order chi connectivity index (χ1) is 35.2. The molecular formula is C66H42BFN2S. The summed E-state index contributed by atoms with van der Waals surface area (Å²) in [6.07, 6.45) is 0. The Labute approximate surface area is 416 Å². The molecule has 0 saturated carbocycles. The fourth-order valence-corrected chi connectivity index (χ4v) is 12.8. The van der Waals surface area contributed by atoms with E-state index in [-0.39, 0.29) is 12.5 Å². The largest absolute Gasteiger partial charge is 0.310 e. The third-order valence-electron chi connectivity index (χ3n) is 14.5. The minimum Gasteiger partial charge on any atom is -0.310 e. The highest BCUT2D eigenvalue weighted by atomic mass is 32.1. The quantitative estimate of drug-likeness (QED) is 0.147. The highest BCUT2D eigenvalue weighted by molar-refractivity contribution is 7.26. The maximum atomic E-state index is 17.6. The molecule has 332 valence electrons. The van der Waals surface area contributed by atoms with Crippen LogP contribution in [0.25, 0.3) is 75.8 Å². The molecule has 0 radical (unpaired) electrons. The summed E-state index contributed by atoms with van der Waals surface area (Å²) < 4.78 is 20.1. The zero-order valence-corrected chi connectivity index (χ0v) is 39.3. The summed E-state index contributed by atoms with van der Waals surface area (Å²) in [5.41, 5.74) is 20.0. The van der Waals surface area contributed by atoms with Crippen LogP contribution in [0.15, 0.2) is 255 Å². The number of hydrogen-bond donors (Lipinski definition) is 0. The average molecular weight is 925 g/mol. The van der Waals surface area contributed by atoms with E-state index in [1.54, 1.807) is 12.1 Å². The lowest BCUT2D eigenvalue weighted by Gasteiger charge is -2.45. The summed E-state index contributed by atoms with van der Waals surface area (Å²) >= 11 is 1.85. The van der Waals surface area contributed by atoms with Crippen molar-refractivity contribution in [2.24, 2.45) is 0 Å². The fraction of sp³-hybridized carbons (Fsp3) is 0. The predicted octanol–water partition coefficient (Wildman–Crippen LogP) is 16.6. The monoisotopic (exact) mass is 924 g/mol. The molecule has 0 unspecified atom stereocenters. The van der Waals surface area contributed by atoms with Crippen molar-refractivity contribution < 1.29 is 4.39 Å². The number of hydrogen-bond acceptors (Lipinski definition) is 3. The van der Waals surface area contributed by atoms with Gasteiger partial charge in [0.2, 0.25) is 0 Å². The highest BCUT2D eigenvalue weighted by Crippen LogP contribution is 2.53. The van der Waals surface area contributed by atoms with Gasteiger partial charge in [0.1, 0.15) is 5.82 Å². The van der Waals surface area contributed by atoms with Crippen molar-refractivity contribution in [2.45, 2.75) is 0 Å². The van der Waals surface area contributed by atoms with Crippen molar-refractivity contribution in [2.75, 3.05) is 9.80 Å². The van der Waals surface area contributed by atoms with Crippen LogP contribution in [-0.4, -0.2) is 6.71 Å². The van der Waals surface area contributed by atoms with Crippen molar-refractivity contribution in [3.63, 3.8) is 0 Å². The van der Waals surface area contributed by atoms with Gasteiger partial charge in [0.15, 0.2) is 0 Å². The van der Waals surface area contributed by atoms with Gasteiger partial charge in [-0.3, -0.25) is 0 Å². The standard InChI is InChI=1S/C66H42BFN2S/c68-48-41-60-63-61(42-48)70(65-51(45-24-9-3-10-25-45)31-18-32-52(65)46-26-11-4-12-27-46)59-39-38-47(53-33-19-34-55-54-28-13-16-37-62(54)71-66(53)55)40-57(59)67(63)56-35-14-15-36-58(56)69(60)64-49(43-20-5-1-6-21-43)29-17-30-50(64)44-22-7-2-8-23-44/h1-42H. The summed E-state index contributed by atoms with van der Waals surface area (Å²) in [4.78, 5) is 4.75. The van der Waals surface area contributed by atoms with E-state index >= 15 is 4.39 Å². The summed E-state index contributed by atoms with van der Waals surface area (Å²) in [7, 11) is 0. The van der Waals surface area contributed by atoms with Gasteiger partial charge >= 0.3 is 0 Å². The maximum absolute atomic E-state index is 17.6. The molecule has 2 aliphatic rings. The van der Waals surface area contributed by atoms with Crippen LogP contribution in [0.3, 0.4) is 0 Å². The molecule has 2 nitrogen and oxygen atoms in total. The second-order valence-electron chi connectivity index (χ2n) is 18.4. The van der Waals surface area contributed by atoms with E-state index in [2.05, 4.69) is 252 Å². The van der Waals surface area contributed by atoms with Crippen LogP contribution in [0.2, 0.25) is 0 Å². The molecule has 0 atom stereocenters. The minimum atomic E-state index is -0.305. The van der Waals surface area contributed by atoms with Gasteiger partial charge in [-0.25, -0.2) is 4.39 Å². The third kappa shape index (κ3) is 6.61. The Morgan fingerprint density at radius 3 is 1.31 bits per heavy atom. The summed E-state index contributed by atoms with van der Waals surface area (Å²) in [5.74, 6) is -0.305. The predicted molar refractivity (Wildman–Crippen MR) is 300 cm³/mol. The van der Waals surface area contributed by atoms with Crippen LogP contribution in [0.5, 0.6) is 0 Å². The van der Waals surface area contributed by atoms with Crippen molar-refractivity contribution in [3.05, 3.63) is 261 Å². The van der Waals surface area contributed by atoms with E-state index < -0.39 is 0 Å². The summed E-state index contributed by atoms with van der Waals surface area (Å²) in [6.45, 7) is -0.242. The minimum absolute atomic E-state index is 0.242. The lowest BCUT2D eigenvalue weighted by molar-refractivity contribution is 0.628. The van der Waals surface area contributed by atoms with E-state index in [1.165, 1.54) is 25.7 Å². The molecule has 0 aliphatic carbocycles. The van der Waals surface area contributed by atoms with Crippen LogP contribution in [0.1, 0.15) is 0 Å².